The van der Waals surface area contributed by atoms with Gasteiger partial charge in [-0.3, -0.25) is 4.79 Å². The Kier molecular flexibility index (Phi) is 7.30. The summed E-state index contributed by atoms with van der Waals surface area (Å²) >= 11 is 5.60. The van der Waals surface area contributed by atoms with Crippen LogP contribution in [0.3, 0.4) is 0 Å². The third kappa shape index (κ3) is 5.67. The number of amides is 1. The summed E-state index contributed by atoms with van der Waals surface area (Å²) in [6.07, 6.45) is 2.28. The molecule has 2 aliphatic rings. The summed E-state index contributed by atoms with van der Waals surface area (Å²) in [4.78, 5) is 18.4. The molecule has 2 heterocycles. The van der Waals surface area contributed by atoms with E-state index in [0.717, 1.165) is 56.5 Å². The van der Waals surface area contributed by atoms with Gasteiger partial charge < -0.3 is 20.0 Å². The van der Waals surface area contributed by atoms with Gasteiger partial charge in [-0.05, 0) is 54.6 Å². The van der Waals surface area contributed by atoms with E-state index in [2.05, 4.69) is 60.2 Å². The van der Waals surface area contributed by atoms with Crippen molar-refractivity contribution in [1.29, 1.82) is 0 Å². The number of aryl methyl sites for hydroxylation is 1. The van der Waals surface area contributed by atoms with Crippen LogP contribution in [-0.2, 0) is 11.2 Å². The number of nitrogens with zero attached hydrogens (tertiary/aromatic N) is 2. The molecule has 0 radical (unpaired) electrons. The molecule has 2 aliphatic heterocycles. The Balaban J connectivity index is 1.43. The molecule has 0 bridgehead atoms. The minimum atomic E-state index is 0.318. The van der Waals surface area contributed by atoms with E-state index in [1.165, 1.54) is 16.9 Å². The molecule has 5 nitrogen and oxygen atoms in total. The zero-order valence-electron chi connectivity index (χ0n) is 17.5. The molecular weight excluding hydrogens is 368 g/mol. The van der Waals surface area contributed by atoms with Crippen molar-refractivity contribution in [2.75, 3.05) is 51.1 Å². The normalized spacial score (nSPS) is 23.5. The average molecular weight is 404 g/mol. The number of benzene rings is 1. The Hall–Kier alpha value is -1.66. The predicted molar refractivity (Wildman–Crippen MR) is 119 cm³/mol. The van der Waals surface area contributed by atoms with E-state index in [9.17, 15) is 4.79 Å². The van der Waals surface area contributed by atoms with Crippen molar-refractivity contribution in [1.82, 2.24) is 9.80 Å². The first-order valence-electron chi connectivity index (χ1n) is 10.7. The predicted octanol–water partition coefficient (Wildman–Crippen LogP) is 1.65. The quantitative estimate of drug-likeness (QED) is 0.750. The summed E-state index contributed by atoms with van der Waals surface area (Å²) in [5.41, 5.74) is 2.37. The molecule has 28 heavy (non-hydrogen) atoms. The van der Waals surface area contributed by atoms with Crippen LogP contribution in [0.5, 0.6) is 0 Å². The lowest BCUT2D eigenvalue weighted by Crippen LogP contribution is -3.15. The number of hydrogen-bond donors (Lipinski definition) is 2. The van der Waals surface area contributed by atoms with Crippen molar-refractivity contribution in [3.63, 3.8) is 0 Å². The van der Waals surface area contributed by atoms with Gasteiger partial charge in [0.05, 0.1) is 26.2 Å². The third-order valence-corrected chi connectivity index (χ3v) is 6.35. The molecule has 6 heteroatoms. The zero-order chi connectivity index (χ0) is 20.1. The number of rotatable bonds is 4. The van der Waals surface area contributed by atoms with E-state index in [-0.39, 0.29) is 0 Å². The standard InChI is InChI=1S/C22H34N4OS/c1-4-19-5-7-20(8-6-19)23-22(28)25-11-9-24(10-12-25)16-21(27)26-14-17(2)13-18(3)15-26/h5-8,17-18H,4,9-16H2,1-3H3,(H,23,28)/p+1/t17-,18-/m1/s1. The molecule has 2 fully saturated rings. The lowest BCUT2D eigenvalue weighted by molar-refractivity contribution is -0.896. The van der Waals surface area contributed by atoms with E-state index in [0.29, 0.717) is 24.3 Å². The Bertz CT molecular complexity index is 660. The lowest BCUT2D eigenvalue weighted by Gasteiger charge is -2.37. The summed E-state index contributed by atoms with van der Waals surface area (Å²) < 4.78 is 0. The highest BCUT2D eigenvalue weighted by Gasteiger charge is 2.29. The average Bonchev–Trinajstić information content (AvgIpc) is 2.68. The number of anilines is 1. The molecule has 0 spiro atoms. The molecule has 2 N–H and O–H groups in total. The molecule has 2 atom stereocenters. The van der Waals surface area contributed by atoms with Crippen LogP contribution in [-0.4, -0.2) is 66.6 Å². The highest BCUT2D eigenvalue weighted by molar-refractivity contribution is 7.80. The van der Waals surface area contributed by atoms with Crippen molar-refractivity contribution < 1.29 is 9.69 Å². The van der Waals surface area contributed by atoms with E-state index >= 15 is 0 Å². The summed E-state index contributed by atoms with van der Waals surface area (Å²) in [5, 5.41) is 4.14. The maximum atomic E-state index is 12.7. The zero-order valence-corrected chi connectivity index (χ0v) is 18.4. The van der Waals surface area contributed by atoms with Crippen molar-refractivity contribution in [2.24, 2.45) is 11.8 Å². The van der Waals surface area contributed by atoms with Gasteiger partial charge in [0.25, 0.3) is 5.91 Å². The van der Waals surface area contributed by atoms with Gasteiger partial charge in [0, 0.05) is 18.8 Å². The fourth-order valence-corrected chi connectivity index (χ4v) is 4.72. The summed E-state index contributed by atoms with van der Waals surface area (Å²) in [5.74, 6) is 1.56. The van der Waals surface area contributed by atoms with Gasteiger partial charge in [0.2, 0.25) is 0 Å². The molecule has 154 valence electrons. The molecule has 2 saturated heterocycles. The molecule has 0 aromatic heterocycles. The van der Waals surface area contributed by atoms with Crippen molar-refractivity contribution in [3.05, 3.63) is 29.8 Å². The van der Waals surface area contributed by atoms with Crippen LogP contribution in [0.25, 0.3) is 0 Å². The smallest absolute Gasteiger partial charge is 0.277 e. The number of piperidine rings is 1. The Morgan fingerprint density at radius 3 is 2.29 bits per heavy atom. The third-order valence-electron chi connectivity index (χ3n) is 5.99. The van der Waals surface area contributed by atoms with Crippen LogP contribution in [0.2, 0.25) is 0 Å². The number of likely N-dealkylation sites (tertiary alicyclic amines) is 1. The van der Waals surface area contributed by atoms with E-state index in [4.69, 9.17) is 12.2 Å². The highest BCUT2D eigenvalue weighted by atomic mass is 32.1. The van der Waals surface area contributed by atoms with Crippen LogP contribution >= 0.6 is 12.2 Å². The topological polar surface area (TPSA) is 40.0 Å². The molecular formula is C22H35N4OS+. The number of nitrogens with one attached hydrogen (secondary N) is 2. The van der Waals surface area contributed by atoms with Gasteiger partial charge in [-0.2, -0.15) is 0 Å². The first-order valence-corrected chi connectivity index (χ1v) is 11.1. The highest BCUT2D eigenvalue weighted by Crippen LogP contribution is 2.20. The monoisotopic (exact) mass is 403 g/mol. The van der Waals surface area contributed by atoms with Gasteiger partial charge in [0.15, 0.2) is 11.7 Å². The Morgan fingerprint density at radius 1 is 1.11 bits per heavy atom. The fourth-order valence-electron chi connectivity index (χ4n) is 4.42. The molecule has 0 unspecified atom stereocenters. The SMILES string of the molecule is CCc1ccc(NC(=S)N2CC[NH+](CC(=O)N3C[C@H](C)C[C@@H](C)C3)CC2)cc1. The number of carbonyl (C=O) groups is 1. The summed E-state index contributed by atoms with van der Waals surface area (Å²) in [6.45, 7) is 12.8. The van der Waals surface area contributed by atoms with E-state index in [1.54, 1.807) is 0 Å². The molecule has 1 aromatic rings. The second-order valence-corrected chi connectivity index (χ2v) is 9.03. The second-order valence-electron chi connectivity index (χ2n) is 8.64. The lowest BCUT2D eigenvalue weighted by atomic mass is 9.92. The number of thiocarbonyl (C=S) groups is 1. The van der Waals surface area contributed by atoms with Gasteiger partial charge in [-0.1, -0.05) is 32.9 Å². The fraction of sp³-hybridized carbons (Fsp3) is 0.636. The largest absolute Gasteiger partial charge is 0.338 e. The maximum Gasteiger partial charge on any atom is 0.277 e. The molecule has 3 rings (SSSR count). The van der Waals surface area contributed by atoms with Crippen molar-refractivity contribution >= 4 is 28.9 Å². The molecule has 1 amide bonds. The van der Waals surface area contributed by atoms with Crippen molar-refractivity contribution in [3.8, 4) is 0 Å². The summed E-state index contributed by atoms with van der Waals surface area (Å²) in [6, 6.07) is 8.46. The van der Waals surface area contributed by atoms with Crippen LogP contribution < -0.4 is 10.2 Å². The second kappa shape index (κ2) is 9.70. The number of hydrogen-bond acceptors (Lipinski definition) is 2. The van der Waals surface area contributed by atoms with Gasteiger partial charge in [-0.15, -0.1) is 0 Å². The Labute approximate surface area is 175 Å². The minimum absolute atomic E-state index is 0.318. The van der Waals surface area contributed by atoms with Gasteiger partial charge in [-0.25, -0.2) is 0 Å². The minimum Gasteiger partial charge on any atom is -0.338 e. The molecule has 0 aliphatic carbocycles. The maximum absolute atomic E-state index is 12.7. The van der Waals surface area contributed by atoms with Crippen LogP contribution in [0.4, 0.5) is 5.69 Å². The van der Waals surface area contributed by atoms with Crippen molar-refractivity contribution in [2.45, 2.75) is 33.6 Å². The molecule has 1 aromatic carbocycles. The molecule has 0 saturated carbocycles. The van der Waals surface area contributed by atoms with Gasteiger partial charge >= 0.3 is 0 Å². The first kappa shape index (κ1) is 21.1. The number of carbonyl (C=O) groups excluding carboxylic acids is 1. The van der Waals surface area contributed by atoms with Crippen LogP contribution in [0.1, 0.15) is 32.8 Å². The summed E-state index contributed by atoms with van der Waals surface area (Å²) in [7, 11) is 0. The first-order chi connectivity index (χ1) is 13.4. The number of piperazine rings is 1. The van der Waals surface area contributed by atoms with E-state index in [1.807, 2.05) is 0 Å². The van der Waals surface area contributed by atoms with Crippen LogP contribution in [0, 0.1) is 11.8 Å². The van der Waals surface area contributed by atoms with Crippen LogP contribution in [0.15, 0.2) is 24.3 Å². The van der Waals surface area contributed by atoms with Gasteiger partial charge in [0.1, 0.15) is 0 Å². The van der Waals surface area contributed by atoms with E-state index < -0.39 is 0 Å². The number of quaternary nitrogens is 1. The Morgan fingerprint density at radius 2 is 1.71 bits per heavy atom.